The summed E-state index contributed by atoms with van der Waals surface area (Å²) in [4.78, 5) is 23.9. The van der Waals surface area contributed by atoms with Gasteiger partial charge in [0.05, 0.1) is 36.9 Å². The lowest BCUT2D eigenvalue weighted by atomic mass is 10.1. The van der Waals surface area contributed by atoms with Crippen LogP contribution in [-0.2, 0) is 4.74 Å². The molecule has 0 fully saturated rings. The van der Waals surface area contributed by atoms with E-state index in [0.29, 0.717) is 32.8 Å². The predicted octanol–water partition coefficient (Wildman–Crippen LogP) is 3.51. The summed E-state index contributed by atoms with van der Waals surface area (Å²) in [7, 11) is 4.31. The molecule has 0 spiro atoms. The van der Waals surface area contributed by atoms with Gasteiger partial charge in [-0.25, -0.2) is 4.79 Å². The molecule has 2 aromatic rings. The zero-order valence-corrected chi connectivity index (χ0v) is 15.6. The topological polar surface area (TPSA) is 71.1 Å². The molecule has 0 saturated heterocycles. The van der Waals surface area contributed by atoms with Crippen molar-refractivity contribution in [2.75, 3.05) is 27.9 Å². The number of methoxy groups -OCH3 is 3. The standard InChI is InChI=1S/C18H17BrO6/c1-22-12-5-7-16(23-2)13(9-12)15(20)10-25-17-6-4-11(8-14(17)19)18(21)24-3/h4-9H,10H2,1-3H3. The number of carbonyl (C=O) groups is 2. The highest BCUT2D eigenvalue weighted by atomic mass is 79.9. The molecular formula is C18H17BrO6. The number of ketones is 1. The minimum Gasteiger partial charge on any atom is -0.497 e. The lowest BCUT2D eigenvalue weighted by Gasteiger charge is -2.11. The van der Waals surface area contributed by atoms with Gasteiger partial charge in [0.25, 0.3) is 0 Å². The van der Waals surface area contributed by atoms with Gasteiger partial charge in [0.1, 0.15) is 17.2 Å². The molecule has 0 aliphatic rings. The number of hydrogen-bond donors (Lipinski definition) is 0. The lowest BCUT2D eigenvalue weighted by Crippen LogP contribution is -2.13. The van der Waals surface area contributed by atoms with Crippen molar-refractivity contribution < 1.29 is 28.5 Å². The molecule has 0 saturated carbocycles. The number of rotatable bonds is 7. The van der Waals surface area contributed by atoms with Crippen LogP contribution in [0.4, 0.5) is 0 Å². The third kappa shape index (κ3) is 4.51. The van der Waals surface area contributed by atoms with Crippen LogP contribution in [-0.4, -0.2) is 39.7 Å². The summed E-state index contributed by atoms with van der Waals surface area (Å²) in [6.45, 7) is -0.195. The van der Waals surface area contributed by atoms with E-state index in [-0.39, 0.29) is 12.4 Å². The summed E-state index contributed by atoms with van der Waals surface area (Å²) >= 11 is 3.31. The van der Waals surface area contributed by atoms with Gasteiger partial charge in [-0.2, -0.15) is 0 Å². The van der Waals surface area contributed by atoms with Crippen LogP contribution in [0.3, 0.4) is 0 Å². The second-order valence-electron chi connectivity index (χ2n) is 4.91. The first-order valence-electron chi connectivity index (χ1n) is 7.26. The Morgan fingerprint density at radius 2 is 1.68 bits per heavy atom. The summed E-state index contributed by atoms with van der Waals surface area (Å²) in [6, 6.07) is 9.68. The molecule has 132 valence electrons. The Morgan fingerprint density at radius 1 is 0.960 bits per heavy atom. The van der Waals surface area contributed by atoms with E-state index in [2.05, 4.69) is 20.7 Å². The fourth-order valence-corrected chi connectivity index (χ4v) is 2.61. The summed E-state index contributed by atoms with van der Waals surface area (Å²) in [5.74, 6) is 0.703. The van der Waals surface area contributed by atoms with Crippen LogP contribution in [0.2, 0.25) is 0 Å². The van der Waals surface area contributed by atoms with Crippen LogP contribution in [0.15, 0.2) is 40.9 Å². The fourth-order valence-electron chi connectivity index (χ4n) is 2.12. The van der Waals surface area contributed by atoms with Crippen molar-refractivity contribution >= 4 is 27.7 Å². The van der Waals surface area contributed by atoms with Crippen molar-refractivity contribution in [3.05, 3.63) is 52.0 Å². The SMILES string of the molecule is COC(=O)c1ccc(OCC(=O)c2cc(OC)ccc2OC)c(Br)c1. The van der Waals surface area contributed by atoms with Crippen LogP contribution in [0, 0.1) is 0 Å². The molecule has 2 aromatic carbocycles. The van der Waals surface area contributed by atoms with Gasteiger partial charge < -0.3 is 18.9 Å². The Hall–Kier alpha value is -2.54. The average molecular weight is 409 g/mol. The van der Waals surface area contributed by atoms with E-state index in [1.807, 2.05) is 0 Å². The molecule has 7 heteroatoms. The van der Waals surface area contributed by atoms with Gasteiger partial charge in [-0.05, 0) is 52.3 Å². The minimum absolute atomic E-state index is 0.195. The summed E-state index contributed by atoms with van der Waals surface area (Å²) < 4.78 is 21.1. The normalized spacial score (nSPS) is 10.1. The van der Waals surface area contributed by atoms with Crippen molar-refractivity contribution in [3.8, 4) is 17.2 Å². The molecule has 0 N–H and O–H groups in total. The van der Waals surface area contributed by atoms with Gasteiger partial charge in [-0.15, -0.1) is 0 Å². The number of Topliss-reactive ketones (excluding diaryl/α,β-unsaturated/α-hetero) is 1. The van der Waals surface area contributed by atoms with Crippen molar-refractivity contribution in [2.45, 2.75) is 0 Å². The highest BCUT2D eigenvalue weighted by Crippen LogP contribution is 2.28. The Balaban J connectivity index is 2.14. The third-order valence-electron chi connectivity index (χ3n) is 3.42. The van der Waals surface area contributed by atoms with Crippen molar-refractivity contribution in [1.82, 2.24) is 0 Å². The number of carbonyl (C=O) groups excluding carboxylic acids is 2. The van der Waals surface area contributed by atoms with Gasteiger partial charge in [-0.3, -0.25) is 4.79 Å². The van der Waals surface area contributed by atoms with E-state index >= 15 is 0 Å². The lowest BCUT2D eigenvalue weighted by molar-refractivity contribution is 0.0600. The van der Waals surface area contributed by atoms with Crippen molar-refractivity contribution in [3.63, 3.8) is 0 Å². The Morgan fingerprint density at radius 3 is 2.28 bits per heavy atom. The van der Waals surface area contributed by atoms with Gasteiger partial charge in [0.2, 0.25) is 5.78 Å². The van der Waals surface area contributed by atoms with E-state index < -0.39 is 5.97 Å². The molecule has 0 amide bonds. The first-order valence-corrected chi connectivity index (χ1v) is 8.05. The van der Waals surface area contributed by atoms with Gasteiger partial charge in [0, 0.05) is 0 Å². The van der Waals surface area contributed by atoms with Crippen LogP contribution >= 0.6 is 15.9 Å². The van der Waals surface area contributed by atoms with E-state index in [4.69, 9.17) is 14.2 Å². The number of hydrogen-bond acceptors (Lipinski definition) is 6. The van der Waals surface area contributed by atoms with Crippen LogP contribution in [0.1, 0.15) is 20.7 Å². The molecule has 0 aliphatic heterocycles. The molecule has 2 rings (SSSR count). The summed E-state index contributed by atoms with van der Waals surface area (Å²) in [6.07, 6.45) is 0. The smallest absolute Gasteiger partial charge is 0.337 e. The highest BCUT2D eigenvalue weighted by molar-refractivity contribution is 9.10. The fraction of sp³-hybridized carbons (Fsp3) is 0.222. The zero-order chi connectivity index (χ0) is 18.4. The van der Waals surface area contributed by atoms with E-state index in [1.54, 1.807) is 36.4 Å². The van der Waals surface area contributed by atoms with Crippen LogP contribution in [0.5, 0.6) is 17.2 Å². The molecular weight excluding hydrogens is 392 g/mol. The largest absolute Gasteiger partial charge is 0.497 e. The summed E-state index contributed by atoms with van der Waals surface area (Å²) in [5.41, 5.74) is 0.742. The molecule has 0 atom stereocenters. The molecule has 0 radical (unpaired) electrons. The quantitative estimate of drug-likeness (QED) is 0.515. The first-order chi connectivity index (χ1) is 12.0. The number of benzene rings is 2. The van der Waals surface area contributed by atoms with Gasteiger partial charge in [-0.1, -0.05) is 0 Å². The molecule has 6 nitrogen and oxygen atoms in total. The molecule has 0 aliphatic carbocycles. The molecule has 0 bridgehead atoms. The second-order valence-corrected chi connectivity index (χ2v) is 5.77. The first kappa shape index (κ1) is 18.8. The van der Waals surface area contributed by atoms with E-state index in [1.165, 1.54) is 21.3 Å². The Labute approximate surface area is 153 Å². The molecule has 0 heterocycles. The van der Waals surface area contributed by atoms with Gasteiger partial charge >= 0.3 is 5.97 Å². The van der Waals surface area contributed by atoms with Crippen molar-refractivity contribution in [1.29, 1.82) is 0 Å². The Bertz CT molecular complexity index is 787. The predicted molar refractivity (Wildman–Crippen MR) is 94.9 cm³/mol. The number of ether oxygens (including phenoxy) is 4. The maximum absolute atomic E-state index is 12.4. The molecule has 0 aromatic heterocycles. The maximum atomic E-state index is 12.4. The highest BCUT2D eigenvalue weighted by Gasteiger charge is 2.16. The molecule has 25 heavy (non-hydrogen) atoms. The van der Waals surface area contributed by atoms with E-state index in [9.17, 15) is 9.59 Å². The monoisotopic (exact) mass is 408 g/mol. The molecule has 0 unspecified atom stereocenters. The zero-order valence-electron chi connectivity index (χ0n) is 14.0. The van der Waals surface area contributed by atoms with Crippen LogP contribution in [0.25, 0.3) is 0 Å². The second kappa shape index (κ2) is 8.53. The summed E-state index contributed by atoms with van der Waals surface area (Å²) in [5, 5.41) is 0. The van der Waals surface area contributed by atoms with Gasteiger partial charge in [0.15, 0.2) is 6.61 Å². The maximum Gasteiger partial charge on any atom is 0.337 e. The van der Waals surface area contributed by atoms with Crippen molar-refractivity contribution in [2.24, 2.45) is 0 Å². The Kier molecular flexibility index (Phi) is 6.41. The minimum atomic E-state index is -0.454. The van der Waals surface area contributed by atoms with Crippen LogP contribution < -0.4 is 14.2 Å². The average Bonchev–Trinajstić information content (AvgIpc) is 2.65. The number of esters is 1. The third-order valence-corrected chi connectivity index (χ3v) is 4.04. The number of halogens is 1. The van der Waals surface area contributed by atoms with E-state index in [0.717, 1.165) is 0 Å².